The summed E-state index contributed by atoms with van der Waals surface area (Å²) in [6.45, 7) is 2.70. The quantitative estimate of drug-likeness (QED) is 0.761. The first-order valence-electron chi connectivity index (χ1n) is 6.87. The Morgan fingerprint density at radius 3 is 2.65 bits per heavy atom. The predicted octanol–water partition coefficient (Wildman–Crippen LogP) is 2.75. The fourth-order valence-electron chi connectivity index (χ4n) is 1.91. The van der Waals surface area contributed by atoms with E-state index in [0.29, 0.717) is 18.9 Å². The molecule has 0 aromatic heterocycles. The molecule has 0 radical (unpaired) electrons. The van der Waals surface area contributed by atoms with Crippen LogP contribution in [-0.2, 0) is 4.79 Å². The van der Waals surface area contributed by atoms with Crippen LogP contribution < -0.4 is 11.1 Å². The number of rotatable bonds is 7. The van der Waals surface area contributed by atoms with Crippen LogP contribution in [0.1, 0.15) is 24.8 Å². The van der Waals surface area contributed by atoms with Gasteiger partial charge in [-0.05, 0) is 37.8 Å². The molecule has 1 fully saturated rings. The summed E-state index contributed by atoms with van der Waals surface area (Å²) in [6.07, 6.45) is 3.00. The molecule has 3 N–H and O–H groups in total. The Kier molecular flexibility index (Phi) is 7.41. The molecule has 0 bridgehead atoms. The second kappa shape index (κ2) is 8.55. The summed E-state index contributed by atoms with van der Waals surface area (Å²) < 4.78 is 0. The van der Waals surface area contributed by atoms with Gasteiger partial charge in [0.25, 0.3) is 0 Å². The molecule has 0 heterocycles. The number of amides is 1. The summed E-state index contributed by atoms with van der Waals surface area (Å²) in [5.41, 5.74) is 7.20. The molecule has 1 aromatic rings. The molecule has 1 aromatic carbocycles. The van der Waals surface area contributed by atoms with Gasteiger partial charge in [0.1, 0.15) is 0 Å². The van der Waals surface area contributed by atoms with Crippen molar-refractivity contribution in [1.82, 2.24) is 5.32 Å². The van der Waals surface area contributed by atoms with E-state index < -0.39 is 0 Å². The van der Waals surface area contributed by atoms with Gasteiger partial charge in [-0.1, -0.05) is 17.7 Å². The summed E-state index contributed by atoms with van der Waals surface area (Å²) in [5.74, 6) is 1.56. The summed E-state index contributed by atoms with van der Waals surface area (Å²) in [6, 6.07) is 8.53. The fraction of sp³-hybridized carbons (Fsp3) is 0.533. The SMILES string of the molecule is Cc1ccc(SCCC(=O)NCC(N)C2CC2)cc1.Cl. The van der Waals surface area contributed by atoms with E-state index >= 15 is 0 Å². The third-order valence-corrected chi connectivity index (χ3v) is 4.40. The first-order chi connectivity index (χ1) is 9.15. The molecule has 1 aliphatic carbocycles. The molecule has 5 heteroatoms. The molecule has 0 aliphatic heterocycles. The minimum absolute atomic E-state index is 0. The molecular formula is C15H23ClN2OS. The van der Waals surface area contributed by atoms with Crippen LogP contribution in [0.15, 0.2) is 29.2 Å². The standard InChI is InChI=1S/C15H22N2OS.ClH/c1-11-2-6-13(7-3-11)19-9-8-15(18)17-10-14(16)12-4-5-12;/h2-3,6-7,12,14H,4-5,8-10,16H2,1H3,(H,17,18);1H. The monoisotopic (exact) mass is 314 g/mol. The third kappa shape index (κ3) is 6.16. The maximum absolute atomic E-state index is 11.7. The lowest BCUT2D eigenvalue weighted by Gasteiger charge is -2.11. The van der Waals surface area contributed by atoms with Crippen LogP contribution in [0, 0.1) is 12.8 Å². The van der Waals surface area contributed by atoms with Crippen molar-refractivity contribution in [2.45, 2.75) is 37.1 Å². The normalized spacial score (nSPS) is 15.3. The van der Waals surface area contributed by atoms with Crippen LogP contribution in [-0.4, -0.2) is 24.2 Å². The van der Waals surface area contributed by atoms with Crippen molar-refractivity contribution in [2.75, 3.05) is 12.3 Å². The van der Waals surface area contributed by atoms with E-state index in [1.165, 1.54) is 23.3 Å². The Hall–Kier alpha value is -0.710. The van der Waals surface area contributed by atoms with E-state index in [1.54, 1.807) is 11.8 Å². The predicted molar refractivity (Wildman–Crippen MR) is 87.5 cm³/mol. The van der Waals surface area contributed by atoms with Crippen LogP contribution >= 0.6 is 24.2 Å². The van der Waals surface area contributed by atoms with Crippen molar-refractivity contribution in [3.05, 3.63) is 29.8 Å². The van der Waals surface area contributed by atoms with E-state index in [0.717, 1.165) is 5.75 Å². The number of thioether (sulfide) groups is 1. The molecular weight excluding hydrogens is 292 g/mol. The Morgan fingerprint density at radius 1 is 1.40 bits per heavy atom. The molecule has 20 heavy (non-hydrogen) atoms. The summed E-state index contributed by atoms with van der Waals surface area (Å²) in [4.78, 5) is 12.9. The number of carbonyl (C=O) groups is 1. The third-order valence-electron chi connectivity index (χ3n) is 3.38. The number of nitrogens with two attached hydrogens (primary N) is 1. The molecule has 1 amide bonds. The summed E-state index contributed by atoms with van der Waals surface area (Å²) in [5, 5.41) is 2.92. The molecule has 3 nitrogen and oxygen atoms in total. The van der Waals surface area contributed by atoms with Crippen molar-refractivity contribution < 1.29 is 4.79 Å². The van der Waals surface area contributed by atoms with Crippen LogP contribution in [0.4, 0.5) is 0 Å². The van der Waals surface area contributed by atoms with Gasteiger partial charge in [0, 0.05) is 29.7 Å². The van der Waals surface area contributed by atoms with E-state index in [9.17, 15) is 4.79 Å². The van der Waals surface area contributed by atoms with Gasteiger partial charge in [-0.15, -0.1) is 24.2 Å². The zero-order valence-electron chi connectivity index (χ0n) is 11.8. The highest BCUT2D eigenvalue weighted by atomic mass is 35.5. The van der Waals surface area contributed by atoms with E-state index in [1.807, 2.05) is 0 Å². The first-order valence-corrected chi connectivity index (χ1v) is 7.85. The average molecular weight is 315 g/mol. The number of hydrogen-bond donors (Lipinski definition) is 2. The van der Waals surface area contributed by atoms with Crippen molar-refractivity contribution in [1.29, 1.82) is 0 Å². The van der Waals surface area contributed by atoms with Crippen molar-refractivity contribution >= 4 is 30.1 Å². The van der Waals surface area contributed by atoms with Crippen molar-refractivity contribution in [2.24, 2.45) is 11.7 Å². The minimum Gasteiger partial charge on any atom is -0.355 e. The number of aryl methyl sites for hydroxylation is 1. The molecule has 2 rings (SSSR count). The zero-order chi connectivity index (χ0) is 13.7. The molecule has 112 valence electrons. The van der Waals surface area contributed by atoms with Crippen LogP contribution in [0.25, 0.3) is 0 Å². The Bertz CT molecular complexity index is 420. The number of nitrogens with one attached hydrogen (secondary N) is 1. The maximum Gasteiger partial charge on any atom is 0.220 e. The van der Waals surface area contributed by atoms with Gasteiger partial charge >= 0.3 is 0 Å². The smallest absolute Gasteiger partial charge is 0.220 e. The lowest BCUT2D eigenvalue weighted by Crippen LogP contribution is -2.38. The highest BCUT2D eigenvalue weighted by Gasteiger charge is 2.28. The molecule has 1 atom stereocenters. The fourth-order valence-corrected chi connectivity index (χ4v) is 2.76. The number of carbonyl (C=O) groups excluding carboxylic acids is 1. The molecule has 1 unspecified atom stereocenters. The first kappa shape index (κ1) is 17.3. The lowest BCUT2D eigenvalue weighted by atomic mass is 10.2. The van der Waals surface area contributed by atoms with Gasteiger partial charge < -0.3 is 11.1 Å². The highest BCUT2D eigenvalue weighted by Crippen LogP contribution is 2.31. The Balaban J connectivity index is 0.00000200. The van der Waals surface area contributed by atoms with Gasteiger partial charge in [0.15, 0.2) is 0 Å². The number of hydrogen-bond acceptors (Lipinski definition) is 3. The van der Waals surface area contributed by atoms with Gasteiger partial charge in [-0.3, -0.25) is 4.79 Å². The van der Waals surface area contributed by atoms with Crippen molar-refractivity contribution in [3.63, 3.8) is 0 Å². The Labute approximate surface area is 131 Å². The van der Waals surface area contributed by atoms with Crippen LogP contribution in [0.5, 0.6) is 0 Å². The van der Waals surface area contributed by atoms with Crippen LogP contribution in [0.2, 0.25) is 0 Å². The summed E-state index contributed by atoms with van der Waals surface area (Å²) in [7, 11) is 0. The minimum atomic E-state index is 0. The zero-order valence-corrected chi connectivity index (χ0v) is 13.4. The van der Waals surface area contributed by atoms with E-state index in [2.05, 4.69) is 36.5 Å². The maximum atomic E-state index is 11.7. The number of halogens is 1. The highest BCUT2D eigenvalue weighted by molar-refractivity contribution is 7.99. The Morgan fingerprint density at radius 2 is 2.05 bits per heavy atom. The molecule has 0 saturated heterocycles. The van der Waals surface area contributed by atoms with E-state index in [-0.39, 0.29) is 24.4 Å². The van der Waals surface area contributed by atoms with Gasteiger partial charge in [0.2, 0.25) is 5.91 Å². The summed E-state index contributed by atoms with van der Waals surface area (Å²) >= 11 is 1.72. The topological polar surface area (TPSA) is 55.1 Å². The lowest BCUT2D eigenvalue weighted by molar-refractivity contribution is -0.120. The van der Waals surface area contributed by atoms with Gasteiger partial charge in [-0.2, -0.15) is 0 Å². The van der Waals surface area contributed by atoms with E-state index in [4.69, 9.17) is 5.73 Å². The second-order valence-electron chi connectivity index (χ2n) is 5.22. The van der Waals surface area contributed by atoms with Crippen molar-refractivity contribution in [3.8, 4) is 0 Å². The van der Waals surface area contributed by atoms with Gasteiger partial charge in [0.05, 0.1) is 0 Å². The molecule has 1 saturated carbocycles. The molecule has 1 aliphatic rings. The van der Waals surface area contributed by atoms with Gasteiger partial charge in [-0.25, -0.2) is 0 Å². The van der Waals surface area contributed by atoms with Crippen LogP contribution in [0.3, 0.4) is 0 Å². The largest absolute Gasteiger partial charge is 0.355 e. The second-order valence-corrected chi connectivity index (χ2v) is 6.39. The molecule has 0 spiro atoms. The number of benzene rings is 1. The average Bonchev–Trinajstić information content (AvgIpc) is 3.23.